The summed E-state index contributed by atoms with van der Waals surface area (Å²) < 4.78 is 4.73. The second kappa shape index (κ2) is 12.3. The predicted octanol–water partition coefficient (Wildman–Crippen LogP) is 11.6. The fourth-order valence-corrected chi connectivity index (χ4v) is 7.42. The second-order valence-corrected chi connectivity index (χ2v) is 12.9. The number of aromatic nitrogens is 5. The summed E-state index contributed by atoms with van der Waals surface area (Å²) in [4.78, 5) is 15.0. The van der Waals surface area contributed by atoms with Crippen LogP contribution in [-0.4, -0.2) is 24.1 Å². The molecule has 0 fully saturated rings. The van der Waals surface area contributed by atoms with Crippen molar-refractivity contribution in [2.75, 3.05) is 0 Å². The number of para-hydroxylation sites is 2. The SMILES string of the molecule is c1ccc(-c2nc(-c3ccccc3)nc(-c3cccc(-n4ccc5cc(-c6ccccc6)c6c7ccccc7n(-c7ccccc7)c6c54)c3)n2)cc1. The van der Waals surface area contributed by atoms with E-state index in [1.807, 2.05) is 60.7 Å². The van der Waals surface area contributed by atoms with E-state index in [1.54, 1.807) is 0 Å². The van der Waals surface area contributed by atoms with Gasteiger partial charge in [0.1, 0.15) is 0 Å². The van der Waals surface area contributed by atoms with Gasteiger partial charge in [-0.05, 0) is 53.6 Å². The first kappa shape index (κ1) is 29.8. The molecule has 0 saturated heterocycles. The van der Waals surface area contributed by atoms with Crippen LogP contribution in [0.1, 0.15) is 0 Å². The molecule has 3 aromatic heterocycles. The Kier molecular flexibility index (Phi) is 7.07. The van der Waals surface area contributed by atoms with Gasteiger partial charge in [-0.3, -0.25) is 0 Å². The molecular formula is C47H31N5. The lowest BCUT2D eigenvalue weighted by molar-refractivity contribution is 1.07. The normalized spacial score (nSPS) is 11.5. The van der Waals surface area contributed by atoms with Gasteiger partial charge in [-0.25, -0.2) is 15.0 Å². The number of nitrogens with zero attached hydrogens (tertiary/aromatic N) is 5. The molecule has 0 spiro atoms. The molecule has 0 aliphatic carbocycles. The minimum absolute atomic E-state index is 0.626. The Morgan fingerprint density at radius 1 is 0.385 bits per heavy atom. The van der Waals surface area contributed by atoms with Crippen LogP contribution in [0.3, 0.4) is 0 Å². The highest BCUT2D eigenvalue weighted by atomic mass is 15.0. The van der Waals surface area contributed by atoms with Crippen molar-refractivity contribution in [2.24, 2.45) is 0 Å². The Morgan fingerprint density at radius 2 is 0.904 bits per heavy atom. The molecule has 10 rings (SSSR count). The maximum Gasteiger partial charge on any atom is 0.164 e. The number of benzene rings is 7. The molecule has 0 aliphatic heterocycles. The van der Waals surface area contributed by atoms with Crippen molar-refractivity contribution in [3.63, 3.8) is 0 Å². The van der Waals surface area contributed by atoms with Gasteiger partial charge in [-0.1, -0.05) is 140 Å². The van der Waals surface area contributed by atoms with Gasteiger partial charge in [0.25, 0.3) is 0 Å². The molecule has 0 unspecified atom stereocenters. The quantitative estimate of drug-likeness (QED) is 0.178. The monoisotopic (exact) mass is 665 g/mol. The molecule has 0 aliphatic rings. The zero-order valence-electron chi connectivity index (χ0n) is 28.1. The van der Waals surface area contributed by atoms with Crippen LogP contribution in [-0.2, 0) is 0 Å². The fourth-order valence-electron chi connectivity index (χ4n) is 7.42. The Hall–Kier alpha value is -7.11. The zero-order valence-corrected chi connectivity index (χ0v) is 28.1. The summed E-state index contributed by atoms with van der Waals surface area (Å²) in [7, 11) is 0. The highest BCUT2D eigenvalue weighted by Crippen LogP contribution is 2.43. The van der Waals surface area contributed by atoms with E-state index in [0.717, 1.165) is 44.5 Å². The molecule has 0 N–H and O–H groups in total. The van der Waals surface area contributed by atoms with Crippen LogP contribution in [0.25, 0.3) is 89.4 Å². The molecule has 244 valence electrons. The molecule has 0 saturated carbocycles. The molecular weight excluding hydrogens is 635 g/mol. The Bertz CT molecular complexity index is 2820. The summed E-state index contributed by atoms with van der Waals surface area (Å²) in [6.45, 7) is 0. The summed E-state index contributed by atoms with van der Waals surface area (Å²) in [6, 6.07) is 63.4. The van der Waals surface area contributed by atoms with Crippen LogP contribution in [0.5, 0.6) is 0 Å². The first-order chi connectivity index (χ1) is 25.8. The summed E-state index contributed by atoms with van der Waals surface area (Å²) in [5.41, 5.74) is 10.8. The van der Waals surface area contributed by atoms with Gasteiger partial charge in [0.15, 0.2) is 17.5 Å². The topological polar surface area (TPSA) is 48.5 Å². The lowest BCUT2D eigenvalue weighted by Gasteiger charge is -2.14. The van der Waals surface area contributed by atoms with Crippen LogP contribution >= 0.6 is 0 Å². The van der Waals surface area contributed by atoms with Crippen molar-refractivity contribution >= 4 is 32.7 Å². The lowest BCUT2D eigenvalue weighted by atomic mass is 9.97. The fraction of sp³-hybridized carbons (Fsp3) is 0. The zero-order chi connectivity index (χ0) is 34.4. The Morgan fingerprint density at radius 3 is 1.56 bits per heavy atom. The van der Waals surface area contributed by atoms with Crippen molar-refractivity contribution in [2.45, 2.75) is 0 Å². The first-order valence-corrected chi connectivity index (χ1v) is 17.5. The highest BCUT2D eigenvalue weighted by Gasteiger charge is 2.22. The second-order valence-electron chi connectivity index (χ2n) is 12.9. The number of fused-ring (bicyclic) bond motifs is 5. The number of hydrogen-bond donors (Lipinski definition) is 0. The van der Waals surface area contributed by atoms with E-state index in [9.17, 15) is 0 Å². The minimum atomic E-state index is 0.626. The van der Waals surface area contributed by atoms with Gasteiger partial charge in [0.2, 0.25) is 0 Å². The average Bonchev–Trinajstić information content (AvgIpc) is 3.81. The van der Waals surface area contributed by atoms with Gasteiger partial charge < -0.3 is 9.13 Å². The minimum Gasteiger partial charge on any atom is -0.315 e. The molecule has 5 nitrogen and oxygen atoms in total. The molecule has 10 aromatic rings. The van der Waals surface area contributed by atoms with E-state index in [4.69, 9.17) is 15.0 Å². The third-order valence-corrected chi connectivity index (χ3v) is 9.77. The van der Waals surface area contributed by atoms with Crippen molar-refractivity contribution in [1.82, 2.24) is 24.1 Å². The van der Waals surface area contributed by atoms with Gasteiger partial charge >= 0.3 is 0 Å². The lowest BCUT2D eigenvalue weighted by Crippen LogP contribution is -2.01. The molecule has 5 heteroatoms. The largest absolute Gasteiger partial charge is 0.315 e. The summed E-state index contributed by atoms with van der Waals surface area (Å²) in [6.07, 6.45) is 2.18. The van der Waals surface area contributed by atoms with E-state index in [1.165, 1.54) is 27.4 Å². The predicted molar refractivity (Wildman–Crippen MR) is 213 cm³/mol. The third kappa shape index (κ3) is 4.98. The third-order valence-electron chi connectivity index (χ3n) is 9.77. The maximum absolute atomic E-state index is 5.03. The molecule has 0 radical (unpaired) electrons. The van der Waals surface area contributed by atoms with Crippen LogP contribution in [0.4, 0.5) is 0 Å². The van der Waals surface area contributed by atoms with Gasteiger partial charge in [-0.2, -0.15) is 0 Å². The molecule has 0 bridgehead atoms. The average molecular weight is 666 g/mol. The van der Waals surface area contributed by atoms with E-state index >= 15 is 0 Å². The molecule has 0 amide bonds. The molecule has 52 heavy (non-hydrogen) atoms. The van der Waals surface area contributed by atoms with Crippen molar-refractivity contribution in [3.8, 4) is 56.7 Å². The number of hydrogen-bond acceptors (Lipinski definition) is 3. The Labute approximate surface area is 300 Å². The molecule has 0 atom stereocenters. The van der Waals surface area contributed by atoms with Crippen LogP contribution in [0, 0.1) is 0 Å². The Balaban J connectivity index is 1.23. The van der Waals surface area contributed by atoms with E-state index in [-0.39, 0.29) is 0 Å². The van der Waals surface area contributed by atoms with Crippen LogP contribution in [0.15, 0.2) is 188 Å². The molecule has 7 aromatic carbocycles. The standard InChI is InChI=1S/C47H31N5/c1-5-16-32(17-6-1)40-31-35-28-29-51(43(35)44-42(40)39-26-13-14-27-41(39)52(44)37-23-11-4-12-24-37)38-25-15-22-36(30-38)47-49-45(33-18-7-2-8-19-33)48-46(50-47)34-20-9-3-10-21-34/h1-31H. The summed E-state index contributed by atoms with van der Waals surface area (Å²) in [5.74, 6) is 1.91. The van der Waals surface area contributed by atoms with E-state index < -0.39 is 0 Å². The molecule has 3 heterocycles. The smallest absolute Gasteiger partial charge is 0.164 e. The van der Waals surface area contributed by atoms with E-state index in [0.29, 0.717) is 17.5 Å². The summed E-state index contributed by atoms with van der Waals surface area (Å²) >= 11 is 0. The summed E-state index contributed by atoms with van der Waals surface area (Å²) in [5, 5.41) is 3.61. The highest BCUT2D eigenvalue weighted by molar-refractivity contribution is 6.23. The van der Waals surface area contributed by atoms with Crippen LogP contribution < -0.4 is 0 Å². The van der Waals surface area contributed by atoms with Gasteiger partial charge in [0.05, 0.1) is 16.6 Å². The van der Waals surface area contributed by atoms with Gasteiger partial charge in [-0.15, -0.1) is 0 Å². The van der Waals surface area contributed by atoms with Crippen LogP contribution in [0.2, 0.25) is 0 Å². The van der Waals surface area contributed by atoms with E-state index in [2.05, 4.69) is 137 Å². The maximum atomic E-state index is 5.03. The van der Waals surface area contributed by atoms with Crippen molar-refractivity contribution in [3.05, 3.63) is 188 Å². The first-order valence-electron chi connectivity index (χ1n) is 17.5. The van der Waals surface area contributed by atoms with Crippen molar-refractivity contribution < 1.29 is 0 Å². The van der Waals surface area contributed by atoms with Gasteiger partial charge in [0, 0.05) is 50.4 Å². The van der Waals surface area contributed by atoms with Crippen molar-refractivity contribution in [1.29, 1.82) is 0 Å². The number of rotatable bonds is 6.